The third-order valence-electron chi connectivity index (χ3n) is 4.89. The highest BCUT2D eigenvalue weighted by molar-refractivity contribution is 7.12. The summed E-state index contributed by atoms with van der Waals surface area (Å²) in [6.45, 7) is 4.02. The Morgan fingerprint density at radius 3 is 2.59 bits per heavy atom. The zero-order valence-corrected chi connectivity index (χ0v) is 14.0. The summed E-state index contributed by atoms with van der Waals surface area (Å²) in [4.78, 5) is 29.5. The van der Waals surface area contributed by atoms with E-state index in [-0.39, 0.29) is 17.7 Å². The molecule has 22 heavy (non-hydrogen) atoms. The highest BCUT2D eigenvalue weighted by Gasteiger charge is 2.39. The van der Waals surface area contributed by atoms with Crippen molar-refractivity contribution < 1.29 is 9.59 Å². The molecule has 2 fully saturated rings. The van der Waals surface area contributed by atoms with Crippen LogP contribution in [-0.4, -0.2) is 47.3 Å². The molecule has 1 aromatic heterocycles. The third-order valence-corrected chi connectivity index (χ3v) is 5.75. The molecule has 0 spiro atoms. The number of rotatable bonds is 4. The van der Waals surface area contributed by atoms with Crippen molar-refractivity contribution in [2.45, 2.75) is 45.1 Å². The molecule has 1 aliphatic heterocycles. The highest BCUT2D eigenvalue weighted by atomic mass is 32.1. The van der Waals surface area contributed by atoms with Crippen molar-refractivity contribution in [1.29, 1.82) is 0 Å². The van der Waals surface area contributed by atoms with Crippen LogP contribution in [0, 0.1) is 5.92 Å². The molecule has 0 atom stereocenters. The van der Waals surface area contributed by atoms with Gasteiger partial charge in [0.05, 0.1) is 10.8 Å². The van der Waals surface area contributed by atoms with Gasteiger partial charge < -0.3 is 9.80 Å². The predicted molar refractivity (Wildman–Crippen MR) is 88.0 cm³/mol. The minimum atomic E-state index is 0.00536. The van der Waals surface area contributed by atoms with Crippen molar-refractivity contribution in [2.75, 3.05) is 19.6 Å². The third kappa shape index (κ3) is 3.05. The van der Waals surface area contributed by atoms with Gasteiger partial charge in [-0.25, -0.2) is 0 Å². The van der Waals surface area contributed by atoms with E-state index >= 15 is 0 Å². The first-order chi connectivity index (χ1) is 10.7. The number of carbonyl (C=O) groups excluding carboxylic acids is 2. The molecule has 0 N–H and O–H groups in total. The Hall–Kier alpha value is -1.36. The largest absolute Gasteiger partial charge is 0.340 e. The summed E-state index contributed by atoms with van der Waals surface area (Å²) in [7, 11) is 0. The first-order valence-corrected chi connectivity index (χ1v) is 9.22. The molecule has 1 aromatic rings. The monoisotopic (exact) mass is 320 g/mol. The zero-order chi connectivity index (χ0) is 15.5. The second kappa shape index (κ2) is 6.82. The minimum absolute atomic E-state index is 0.00536. The van der Waals surface area contributed by atoms with Crippen molar-refractivity contribution in [3.63, 3.8) is 0 Å². The number of hydrogen-bond donors (Lipinski definition) is 0. The zero-order valence-electron chi connectivity index (χ0n) is 13.2. The van der Waals surface area contributed by atoms with Gasteiger partial charge >= 0.3 is 0 Å². The molecule has 2 aliphatic rings. The second-order valence-corrected chi connectivity index (χ2v) is 7.25. The molecule has 120 valence electrons. The van der Waals surface area contributed by atoms with Gasteiger partial charge in [0.2, 0.25) is 5.91 Å². The van der Waals surface area contributed by atoms with Crippen LogP contribution in [0.3, 0.4) is 0 Å². The fraction of sp³-hybridized carbons (Fsp3) is 0.647. The maximum Gasteiger partial charge on any atom is 0.263 e. The Kier molecular flexibility index (Phi) is 4.81. The second-order valence-electron chi connectivity index (χ2n) is 6.30. The van der Waals surface area contributed by atoms with Crippen LogP contribution in [0.4, 0.5) is 0 Å². The molecule has 2 heterocycles. The number of nitrogens with zero attached hydrogens (tertiary/aromatic N) is 2. The predicted octanol–water partition coefficient (Wildman–Crippen LogP) is 3.00. The first kappa shape index (κ1) is 15.5. The van der Waals surface area contributed by atoms with Gasteiger partial charge in [0.15, 0.2) is 0 Å². The van der Waals surface area contributed by atoms with Gasteiger partial charge in [0, 0.05) is 25.7 Å². The van der Waals surface area contributed by atoms with Crippen LogP contribution in [0.1, 0.15) is 48.7 Å². The molecule has 1 aliphatic carbocycles. The van der Waals surface area contributed by atoms with E-state index in [0.717, 1.165) is 24.3 Å². The fourth-order valence-electron chi connectivity index (χ4n) is 3.58. The van der Waals surface area contributed by atoms with Crippen LogP contribution < -0.4 is 0 Å². The Labute approximate surface area is 136 Å². The number of hydrogen-bond acceptors (Lipinski definition) is 3. The average molecular weight is 320 g/mol. The van der Waals surface area contributed by atoms with Gasteiger partial charge in [-0.3, -0.25) is 9.59 Å². The highest BCUT2D eigenvalue weighted by Crippen LogP contribution is 2.27. The van der Waals surface area contributed by atoms with E-state index in [0.29, 0.717) is 19.1 Å². The van der Waals surface area contributed by atoms with Crippen LogP contribution in [0.5, 0.6) is 0 Å². The van der Waals surface area contributed by atoms with E-state index in [2.05, 4.69) is 11.8 Å². The Bertz CT molecular complexity index is 517. The maximum absolute atomic E-state index is 12.7. The topological polar surface area (TPSA) is 40.6 Å². The standard InChI is InChI=1S/C17H24N2O2S/c1-2-19(14-7-4-3-5-8-14)16(20)13-11-18(12-13)17(21)15-9-6-10-22-15/h6,9-10,13-14H,2-5,7-8,11-12H2,1H3. The van der Waals surface area contributed by atoms with Crippen LogP contribution in [0.2, 0.25) is 0 Å². The molecule has 1 saturated heterocycles. The lowest BCUT2D eigenvalue weighted by Crippen LogP contribution is -2.57. The van der Waals surface area contributed by atoms with Crippen molar-refractivity contribution in [1.82, 2.24) is 9.80 Å². The summed E-state index contributed by atoms with van der Waals surface area (Å²) < 4.78 is 0. The maximum atomic E-state index is 12.7. The Balaban J connectivity index is 1.54. The van der Waals surface area contributed by atoms with Crippen LogP contribution in [0.25, 0.3) is 0 Å². The van der Waals surface area contributed by atoms with Crippen LogP contribution >= 0.6 is 11.3 Å². The van der Waals surface area contributed by atoms with Crippen molar-refractivity contribution in [3.05, 3.63) is 22.4 Å². The quantitative estimate of drug-likeness (QED) is 0.855. The smallest absolute Gasteiger partial charge is 0.263 e. The molecule has 0 bridgehead atoms. The summed E-state index contributed by atoms with van der Waals surface area (Å²) in [5, 5.41) is 1.91. The number of carbonyl (C=O) groups is 2. The SMILES string of the molecule is CCN(C(=O)C1CN(C(=O)c2cccs2)C1)C1CCCCC1. The van der Waals surface area contributed by atoms with E-state index in [1.54, 1.807) is 4.90 Å². The molecule has 0 radical (unpaired) electrons. The van der Waals surface area contributed by atoms with E-state index in [4.69, 9.17) is 0 Å². The first-order valence-electron chi connectivity index (χ1n) is 8.34. The van der Waals surface area contributed by atoms with Crippen molar-refractivity contribution >= 4 is 23.2 Å². The summed E-state index contributed by atoms with van der Waals surface area (Å²) in [5.41, 5.74) is 0. The molecule has 5 heteroatoms. The summed E-state index contributed by atoms with van der Waals surface area (Å²) in [6.07, 6.45) is 6.06. The molecule has 2 amide bonds. The molecular formula is C17H24N2O2S. The molecule has 0 aromatic carbocycles. The molecule has 3 rings (SSSR count). The normalized spacial score (nSPS) is 19.8. The molecule has 4 nitrogen and oxygen atoms in total. The number of likely N-dealkylation sites (tertiary alicyclic amines) is 1. The average Bonchev–Trinajstić information content (AvgIpc) is 3.02. The Morgan fingerprint density at radius 1 is 1.27 bits per heavy atom. The van der Waals surface area contributed by atoms with Gasteiger partial charge in [-0.15, -0.1) is 11.3 Å². The van der Waals surface area contributed by atoms with E-state index in [1.165, 1.54) is 30.6 Å². The van der Waals surface area contributed by atoms with E-state index in [9.17, 15) is 9.59 Å². The summed E-state index contributed by atoms with van der Waals surface area (Å²) in [5.74, 6) is 0.329. The van der Waals surface area contributed by atoms with E-state index < -0.39 is 0 Å². The molecule has 1 saturated carbocycles. The molecule has 0 unspecified atom stereocenters. The van der Waals surface area contributed by atoms with Gasteiger partial charge in [-0.2, -0.15) is 0 Å². The van der Waals surface area contributed by atoms with E-state index in [1.807, 2.05) is 17.5 Å². The van der Waals surface area contributed by atoms with Gasteiger partial charge in [0.25, 0.3) is 5.91 Å². The minimum Gasteiger partial charge on any atom is -0.340 e. The van der Waals surface area contributed by atoms with Crippen LogP contribution in [0.15, 0.2) is 17.5 Å². The lowest BCUT2D eigenvalue weighted by atomic mass is 9.91. The Morgan fingerprint density at radius 2 is 2.00 bits per heavy atom. The number of amides is 2. The van der Waals surface area contributed by atoms with Crippen LogP contribution in [-0.2, 0) is 4.79 Å². The van der Waals surface area contributed by atoms with Gasteiger partial charge in [0.1, 0.15) is 0 Å². The summed E-state index contributed by atoms with van der Waals surface area (Å²) in [6, 6.07) is 4.17. The van der Waals surface area contributed by atoms with Gasteiger partial charge in [-0.1, -0.05) is 25.3 Å². The molecular weight excluding hydrogens is 296 g/mol. The lowest BCUT2D eigenvalue weighted by molar-refractivity contribution is -0.142. The summed E-state index contributed by atoms with van der Waals surface area (Å²) >= 11 is 1.47. The fourth-order valence-corrected chi connectivity index (χ4v) is 4.27. The van der Waals surface area contributed by atoms with Crippen molar-refractivity contribution in [2.24, 2.45) is 5.92 Å². The lowest BCUT2D eigenvalue weighted by Gasteiger charge is -2.43. The van der Waals surface area contributed by atoms with Gasteiger partial charge in [-0.05, 0) is 31.2 Å². The number of thiophene rings is 1. The van der Waals surface area contributed by atoms with Crippen molar-refractivity contribution in [3.8, 4) is 0 Å².